The smallest absolute Gasteiger partial charge is 0.276 e. The lowest BCUT2D eigenvalue weighted by Crippen LogP contribution is -2.18. The van der Waals surface area contributed by atoms with Gasteiger partial charge in [0.1, 0.15) is 5.69 Å². The van der Waals surface area contributed by atoms with Gasteiger partial charge in [-0.05, 0) is 19.7 Å². The van der Waals surface area contributed by atoms with Crippen molar-refractivity contribution in [2.24, 2.45) is 4.99 Å². The zero-order valence-corrected chi connectivity index (χ0v) is 7.66. The fourth-order valence-corrected chi connectivity index (χ4v) is 1.15. The molecule has 1 heterocycles. The van der Waals surface area contributed by atoms with Gasteiger partial charge >= 0.3 is 0 Å². The number of aliphatic imine (C=N–C) groups is 1. The van der Waals surface area contributed by atoms with Crippen molar-refractivity contribution in [1.82, 2.24) is 4.57 Å². The van der Waals surface area contributed by atoms with Crippen molar-refractivity contribution in [2.75, 3.05) is 0 Å². The Balaban J connectivity index is 3.49. The average Bonchev–Trinajstić information content (AvgIpc) is 2.17. The van der Waals surface area contributed by atoms with Crippen molar-refractivity contribution in [1.29, 1.82) is 0 Å². The highest BCUT2D eigenvalue weighted by Gasteiger charge is 2.04. The van der Waals surface area contributed by atoms with Gasteiger partial charge < -0.3 is 4.57 Å². The molecule has 0 bridgehead atoms. The third kappa shape index (κ3) is 1.59. The highest BCUT2D eigenvalue weighted by Crippen LogP contribution is 2.13. The van der Waals surface area contributed by atoms with E-state index < -0.39 is 0 Å². The largest absolute Gasteiger partial charge is 0.314 e. The first kappa shape index (κ1) is 9.45. The second-order valence-corrected chi connectivity index (χ2v) is 2.57. The molecule has 1 rings (SSSR count). The van der Waals surface area contributed by atoms with Crippen LogP contribution in [0, 0.1) is 0 Å². The second kappa shape index (κ2) is 3.85. The highest BCUT2D eigenvalue weighted by atomic mass is 16.1. The van der Waals surface area contributed by atoms with Crippen LogP contribution in [0.25, 0.3) is 6.08 Å². The SMILES string of the molecule is C=Cc1ccn(CC)c(=O)c1N=C. The Morgan fingerprint density at radius 2 is 2.38 bits per heavy atom. The van der Waals surface area contributed by atoms with Crippen LogP contribution in [0.4, 0.5) is 5.69 Å². The van der Waals surface area contributed by atoms with Crippen molar-refractivity contribution in [3.05, 3.63) is 34.8 Å². The Labute approximate surface area is 77.1 Å². The van der Waals surface area contributed by atoms with Gasteiger partial charge in [0, 0.05) is 18.3 Å². The van der Waals surface area contributed by atoms with Gasteiger partial charge in [0.2, 0.25) is 0 Å². The van der Waals surface area contributed by atoms with Crippen molar-refractivity contribution in [3.63, 3.8) is 0 Å². The highest BCUT2D eigenvalue weighted by molar-refractivity contribution is 5.63. The van der Waals surface area contributed by atoms with E-state index in [1.165, 1.54) is 0 Å². The topological polar surface area (TPSA) is 34.4 Å². The number of nitrogens with zero attached hydrogens (tertiary/aromatic N) is 2. The monoisotopic (exact) mass is 176 g/mol. The van der Waals surface area contributed by atoms with Crippen LogP contribution >= 0.6 is 0 Å². The molecule has 68 valence electrons. The minimum Gasteiger partial charge on any atom is -0.314 e. The average molecular weight is 176 g/mol. The van der Waals surface area contributed by atoms with Gasteiger partial charge in [-0.2, -0.15) is 0 Å². The number of hydrogen-bond donors (Lipinski definition) is 0. The quantitative estimate of drug-likeness (QED) is 0.647. The normalized spacial score (nSPS) is 9.62. The molecular weight excluding hydrogens is 164 g/mol. The molecular formula is C10H12N2O. The molecule has 0 aliphatic rings. The van der Waals surface area contributed by atoms with Crippen LogP contribution in [0.2, 0.25) is 0 Å². The van der Waals surface area contributed by atoms with Gasteiger partial charge in [-0.3, -0.25) is 9.79 Å². The molecule has 1 aromatic heterocycles. The summed E-state index contributed by atoms with van der Waals surface area (Å²) < 4.78 is 1.58. The maximum atomic E-state index is 11.6. The maximum absolute atomic E-state index is 11.6. The van der Waals surface area contributed by atoms with Crippen LogP contribution in [0.5, 0.6) is 0 Å². The summed E-state index contributed by atoms with van der Waals surface area (Å²) >= 11 is 0. The van der Waals surface area contributed by atoms with E-state index in [2.05, 4.69) is 18.3 Å². The van der Waals surface area contributed by atoms with Crippen LogP contribution in [0.1, 0.15) is 12.5 Å². The summed E-state index contributed by atoms with van der Waals surface area (Å²) in [5.74, 6) is 0. The predicted molar refractivity (Wildman–Crippen MR) is 55.7 cm³/mol. The molecule has 0 N–H and O–H groups in total. The van der Waals surface area contributed by atoms with Crippen LogP contribution < -0.4 is 5.56 Å². The maximum Gasteiger partial charge on any atom is 0.276 e. The third-order valence-corrected chi connectivity index (χ3v) is 1.89. The Kier molecular flexibility index (Phi) is 2.80. The molecule has 0 saturated carbocycles. The number of pyridine rings is 1. The minimum atomic E-state index is -0.116. The number of aryl methyl sites for hydroxylation is 1. The molecule has 1 aromatic rings. The molecule has 0 fully saturated rings. The summed E-state index contributed by atoms with van der Waals surface area (Å²) in [5.41, 5.74) is 0.985. The van der Waals surface area contributed by atoms with Crippen LogP contribution in [0.15, 0.2) is 28.6 Å². The van der Waals surface area contributed by atoms with Gasteiger partial charge in [-0.1, -0.05) is 12.7 Å². The van der Waals surface area contributed by atoms with E-state index in [4.69, 9.17) is 0 Å². The van der Waals surface area contributed by atoms with E-state index in [1.807, 2.05) is 13.0 Å². The zero-order chi connectivity index (χ0) is 9.84. The van der Waals surface area contributed by atoms with Gasteiger partial charge in [-0.25, -0.2) is 0 Å². The van der Waals surface area contributed by atoms with Crippen LogP contribution in [-0.2, 0) is 6.54 Å². The molecule has 3 nitrogen and oxygen atoms in total. The lowest BCUT2D eigenvalue weighted by Gasteiger charge is -2.04. The molecule has 0 aliphatic carbocycles. The standard InChI is InChI=1S/C10H12N2O/c1-4-8-6-7-12(5-2)10(13)9(8)11-3/h4,6-7H,1,3,5H2,2H3. The first-order valence-corrected chi connectivity index (χ1v) is 4.07. The van der Waals surface area contributed by atoms with Crippen molar-refractivity contribution in [3.8, 4) is 0 Å². The summed E-state index contributed by atoms with van der Waals surface area (Å²) in [5, 5.41) is 0. The third-order valence-electron chi connectivity index (χ3n) is 1.89. The number of rotatable bonds is 3. The molecule has 0 unspecified atom stereocenters. The molecule has 0 saturated heterocycles. The first-order chi connectivity index (χ1) is 6.24. The molecule has 0 radical (unpaired) electrons. The Hall–Kier alpha value is -1.64. The van der Waals surface area contributed by atoms with Gasteiger partial charge in [0.05, 0.1) is 0 Å². The molecule has 3 heteroatoms. The zero-order valence-electron chi connectivity index (χ0n) is 7.66. The second-order valence-electron chi connectivity index (χ2n) is 2.57. The summed E-state index contributed by atoms with van der Waals surface area (Å²) in [4.78, 5) is 15.3. The minimum absolute atomic E-state index is 0.116. The number of hydrogen-bond acceptors (Lipinski definition) is 2. The predicted octanol–water partition coefficient (Wildman–Crippen LogP) is 1.84. The van der Waals surface area contributed by atoms with E-state index >= 15 is 0 Å². The van der Waals surface area contributed by atoms with E-state index in [0.717, 1.165) is 5.56 Å². The molecule has 0 atom stereocenters. The lowest BCUT2D eigenvalue weighted by molar-refractivity contribution is 0.727. The summed E-state index contributed by atoms with van der Waals surface area (Å²) in [6, 6.07) is 1.81. The van der Waals surface area contributed by atoms with Gasteiger partial charge in [0.25, 0.3) is 5.56 Å². The van der Waals surface area contributed by atoms with E-state index in [1.54, 1.807) is 16.8 Å². The Bertz CT molecular complexity index is 390. The summed E-state index contributed by atoms with van der Waals surface area (Å²) in [6.45, 7) is 9.51. The van der Waals surface area contributed by atoms with Crippen molar-refractivity contribution in [2.45, 2.75) is 13.5 Å². The fraction of sp³-hybridized carbons (Fsp3) is 0.200. The summed E-state index contributed by atoms with van der Waals surface area (Å²) in [6.07, 6.45) is 3.33. The Morgan fingerprint density at radius 1 is 1.69 bits per heavy atom. The van der Waals surface area contributed by atoms with Crippen LogP contribution in [-0.4, -0.2) is 11.3 Å². The fourth-order valence-electron chi connectivity index (χ4n) is 1.15. The van der Waals surface area contributed by atoms with Crippen molar-refractivity contribution >= 4 is 18.5 Å². The number of aromatic nitrogens is 1. The van der Waals surface area contributed by atoms with Gasteiger partial charge in [0.15, 0.2) is 0 Å². The van der Waals surface area contributed by atoms with E-state index in [9.17, 15) is 4.79 Å². The van der Waals surface area contributed by atoms with Crippen LogP contribution in [0.3, 0.4) is 0 Å². The molecule has 0 aromatic carbocycles. The van der Waals surface area contributed by atoms with Crippen molar-refractivity contribution < 1.29 is 0 Å². The molecule has 0 aliphatic heterocycles. The van der Waals surface area contributed by atoms with E-state index in [-0.39, 0.29) is 5.56 Å². The van der Waals surface area contributed by atoms with E-state index in [0.29, 0.717) is 12.2 Å². The molecule has 0 amide bonds. The van der Waals surface area contributed by atoms with Gasteiger partial charge in [-0.15, -0.1) is 0 Å². The molecule has 13 heavy (non-hydrogen) atoms. The Morgan fingerprint density at radius 3 is 2.85 bits per heavy atom. The lowest BCUT2D eigenvalue weighted by atomic mass is 10.2. The first-order valence-electron chi connectivity index (χ1n) is 4.07. The molecule has 0 spiro atoms. The summed E-state index contributed by atoms with van der Waals surface area (Å²) in [7, 11) is 0.